The van der Waals surface area contributed by atoms with Crippen molar-refractivity contribution < 1.29 is 13.2 Å². The van der Waals surface area contributed by atoms with Gasteiger partial charge in [0, 0.05) is 12.2 Å². The van der Waals surface area contributed by atoms with Gasteiger partial charge in [-0.15, -0.1) is 0 Å². The number of hydrogen-bond donors (Lipinski definition) is 0. The van der Waals surface area contributed by atoms with Crippen molar-refractivity contribution in [3.63, 3.8) is 0 Å². The highest BCUT2D eigenvalue weighted by Crippen LogP contribution is 2.34. The molecule has 0 radical (unpaired) electrons. The quantitative estimate of drug-likeness (QED) is 0.767. The minimum Gasteiger partial charge on any atom is -0.261 e. The lowest BCUT2D eigenvalue weighted by Gasteiger charge is -2.37. The smallest absolute Gasteiger partial charge is 0.261 e. The fraction of sp³-hybridized carbons (Fsp3) is 0.333. The SMILES string of the molecule is CC1=CC(c2cccc(Cl)n2)=NC2=CCN([C@H](C)C(F)(F)F)N12. The molecule has 1 aromatic heterocycles. The summed E-state index contributed by atoms with van der Waals surface area (Å²) in [6.07, 6.45) is -0.928. The number of hydrazine groups is 1. The van der Waals surface area contributed by atoms with E-state index in [1.54, 1.807) is 37.3 Å². The van der Waals surface area contributed by atoms with Gasteiger partial charge in [-0.2, -0.15) is 18.2 Å². The van der Waals surface area contributed by atoms with E-state index in [9.17, 15) is 13.2 Å². The summed E-state index contributed by atoms with van der Waals surface area (Å²) in [4.78, 5) is 8.61. The molecule has 2 aliphatic rings. The van der Waals surface area contributed by atoms with E-state index in [0.29, 0.717) is 28.1 Å². The Kier molecular flexibility index (Phi) is 3.93. The molecule has 23 heavy (non-hydrogen) atoms. The Morgan fingerprint density at radius 1 is 1.30 bits per heavy atom. The van der Waals surface area contributed by atoms with Crippen LogP contribution in [0.3, 0.4) is 0 Å². The summed E-state index contributed by atoms with van der Waals surface area (Å²) in [7, 11) is 0. The maximum atomic E-state index is 13.0. The molecule has 0 aromatic carbocycles. The lowest BCUT2D eigenvalue weighted by Crippen LogP contribution is -2.49. The van der Waals surface area contributed by atoms with Gasteiger partial charge in [0.05, 0.1) is 11.4 Å². The third kappa shape index (κ3) is 2.98. The van der Waals surface area contributed by atoms with Crippen LogP contribution in [0.4, 0.5) is 13.2 Å². The predicted octanol–water partition coefficient (Wildman–Crippen LogP) is 3.77. The molecule has 122 valence electrons. The monoisotopic (exact) mass is 342 g/mol. The number of aromatic nitrogens is 1. The average molecular weight is 343 g/mol. The fourth-order valence-electron chi connectivity index (χ4n) is 2.55. The Bertz CT molecular complexity index is 724. The van der Waals surface area contributed by atoms with Crippen LogP contribution in [0.25, 0.3) is 0 Å². The first kappa shape index (κ1) is 16.0. The standard InChI is InChI=1S/C15H14ClF3N4/c1-9-8-12(11-4-3-5-13(16)20-11)21-14-6-7-22(23(9)14)10(2)15(17,18)19/h3-6,8,10H,7H2,1-2H3/t10-/m1/s1. The first-order valence-corrected chi connectivity index (χ1v) is 7.38. The molecule has 0 saturated heterocycles. The van der Waals surface area contributed by atoms with Crippen LogP contribution in [0.1, 0.15) is 19.5 Å². The fourth-order valence-corrected chi connectivity index (χ4v) is 2.71. The largest absolute Gasteiger partial charge is 0.405 e. The molecular formula is C15H14ClF3N4. The van der Waals surface area contributed by atoms with Gasteiger partial charge >= 0.3 is 6.18 Å². The molecule has 0 aliphatic carbocycles. The number of halogens is 4. The van der Waals surface area contributed by atoms with Crippen LogP contribution in [-0.2, 0) is 0 Å². The number of hydrogen-bond acceptors (Lipinski definition) is 4. The van der Waals surface area contributed by atoms with E-state index >= 15 is 0 Å². The van der Waals surface area contributed by atoms with Crippen LogP contribution < -0.4 is 0 Å². The maximum absolute atomic E-state index is 13.0. The normalized spacial score (nSPS) is 19.9. The van der Waals surface area contributed by atoms with E-state index in [4.69, 9.17) is 11.6 Å². The van der Waals surface area contributed by atoms with E-state index in [2.05, 4.69) is 9.98 Å². The second-order valence-corrected chi connectivity index (χ2v) is 5.73. The van der Waals surface area contributed by atoms with Gasteiger partial charge in [-0.25, -0.2) is 9.98 Å². The highest BCUT2D eigenvalue weighted by atomic mass is 35.5. The van der Waals surface area contributed by atoms with Gasteiger partial charge in [0.1, 0.15) is 17.0 Å². The van der Waals surface area contributed by atoms with Crippen molar-refractivity contribution in [2.75, 3.05) is 6.54 Å². The van der Waals surface area contributed by atoms with Gasteiger partial charge in [-0.1, -0.05) is 17.7 Å². The van der Waals surface area contributed by atoms with Crippen LogP contribution in [0.15, 0.2) is 46.9 Å². The van der Waals surface area contributed by atoms with Crippen molar-refractivity contribution >= 4 is 17.3 Å². The van der Waals surface area contributed by atoms with E-state index < -0.39 is 12.2 Å². The third-order valence-corrected chi connectivity index (χ3v) is 3.96. The van der Waals surface area contributed by atoms with Crippen molar-refractivity contribution in [2.45, 2.75) is 26.1 Å². The van der Waals surface area contributed by atoms with Crippen LogP contribution in [0.2, 0.25) is 5.15 Å². The zero-order chi connectivity index (χ0) is 16.8. The van der Waals surface area contributed by atoms with Gasteiger partial charge < -0.3 is 0 Å². The number of aliphatic imine (C=N–C) groups is 1. The Hall–Kier alpha value is -1.86. The van der Waals surface area contributed by atoms with E-state index in [0.717, 1.165) is 6.92 Å². The van der Waals surface area contributed by atoms with Crippen molar-refractivity contribution in [1.82, 2.24) is 15.0 Å². The summed E-state index contributed by atoms with van der Waals surface area (Å²) in [6, 6.07) is 3.57. The van der Waals surface area contributed by atoms with Crippen LogP contribution in [-0.4, -0.2) is 39.5 Å². The van der Waals surface area contributed by atoms with E-state index in [1.165, 1.54) is 10.0 Å². The molecule has 0 spiro atoms. The van der Waals surface area contributed by atoms with Crippen molar-refractivity contribution in [1.29, 1.82) is 0 Å². The minimum absolute atomic E-state index is 0.154. The molecule has 0 saturated carbocycles. The molecule has 3 rings (SSSR count). The number of fused-ring (bicyclic) bond motifs is 1. The number of alkyl halides is 3. The highest BCUT2D eigenvalue weighted by Gasteiger charge is 2.45. The lowest BCUT2D eigenvalue weighted by molar-refractivity contribution is -0.201. The number of pyridine rings is 1. The topological polar surface area (TPSA) is 31.7 Å². The molecule has 1 aromatic rings. The minimum atomic E-state index is -4.30. The summed E-state index contributed by atoms with van der Waals surface area (Å²) in [5.74, 6) is 0.470. The Labute approximate surface area is 136 Å². The average Bonchev–Trinajstić information content (AvgIpc) is 2.89. The zero-order valence-electron chi connectivity index (χ0n) is 12.5. The van der Waals surface area contributed by atoms with Gasteiger partial charge in [-0.05, 0) is 38.1 Å². The highest BCUT2D eigenvalue weighted by molar-refractivity contribution is 6.29. The van der Waals surface area contributed by atoms with Crippen LogP contribution >= 0.6 is 11.6 Å². The van der Waals surface area contributed by atoms with Crippen molar-refractivity contribution in [3.8, 4) is 0 Å². The lowest BCUT2D eigenvalue weighted by atomic mass is 10.2. The zero-order valence-corrected chi connectivity index (χ0v) is 13.2. The molecule has 0 N–H and O–H groups in total. The van der Waals surface area contributed by atoms with E-state index in [1.807, 2.05) is 0 Å². The van der Waals surface area contributed by atoms with Gasteiger partial charge in [0.2, 0.25) is 0 Å². The summed E-state index contributed by atoms with van der Waals surface area (Å²) < 4.78 is 39.0. The second-order valence-electron chi connectivity index (χ2n) is 5.34. The van der Waals surface area contributed by atoms with Gasteiger partial charge in [0.25, 0.3) is 0 Å². The molecule has 0 bridgehead atoms. The van der Waals surface area contributed by atoms with Crippen LogP contribution in [0, 0.1) is 0 Å². The van der Waals surface area contributed by atoms with Gasteiger partial charge in [-0.3, -0.25) is 5.01 Å². The molecule has 0 amide bonds. The molecule has 0 fully saturated rings. The Morgan fingerprint density at radius 3 is 2.70 bits per heavy atom. The first-order chi connectivity index (χ1) is 10.8. The Balaban J connectivity index is 1.91. The molecule has 2 aliphatic heterocycles. The molecule has 8 heteroatoms. The second kappa shape index (κ2) is 5.65. The summed E-state index contributed by atoms with van der Waals surface area (Å²) in [5, 5.41) is 3.07. The van der Waals surface area contributed by atoms with Gasteiger partial charge in [0.15, 0.2) is 0 Å². The Morgan fingerprint density at radius 2 is 2.04 bits per heavy atom. The third-order valence-electron chi connectivity index (χ3n) is 3.75. The summed E-state index contributed by atoms with van der Waals surface area (Å²) in [5.41, 5.74) is 1.81. The molecule has 1 atom stereocenters. The first-order valence-electron chi connectivity index (χ1n) is 7.01. The number of nitrogens with zero attached hydrogens (tertiary/aromatic N) is 4. The summed E-state index contributed by atoms with van der Waals surface area (Å²) in [6.45, 7) is 3.04. The molecule has 3 heterocycles. The number of allylic oxidation sites excluding steroid dienone is 2. The molecule has 4 nitrogen and oxygen atoms in total. The predicted molar refractivity (Wildman–Crippen MR) is 81.7 cm³/mol. The number of rotatable bonds is 2. The molecule has 0 unspecified atom stereocenters. The van der Waals surface area contributed by atoms with E-state index in [-0.39, 0.29) is 6.54 Å². The maximum Gasteiger partial charge on any atom is 0.405 e. The molecular weight excluding hydrogens is 329 g/mol. The summed E-state index contributed by atoms with van der Waals surface area (Å²) >= 11 is 5.88. The van der Waals surface area contributed by atoms with Crippen molar-refractivity contribution in [3.05, 3.63) is 52.7 Å². The van der Waals surface area contributed by atoms with Crippen molar-refractivity contribution in [2.24, 2.45) is 4.99 Å². The van der Waals surface area contributed by atoms with Crippen LogP contribution in [0.5, 0.6) is 0 Å².